The summed E-state index contributed by atoms with van der Waals surface area (Å²) < 4.78 is 26.4. The number of carbonyl (C=O) groups excluding carboxylic acids is 1. The van der Waals surface area contributed by atoms with Crippen molar-refractivity contribution in [2.45, 2.75) is 19.9 Å². The molecule has 4 heteroatoms. The van der Waals surface area contributed by atoms with Crippen molar-refractivity contribution in [1.82, 2.24) is 4.90 Å². The van der Waals surface area contributed by atoms with E-state index in [0.29, 0.717) is 6.54 Å². The van der Waals surface area contributed by atoms with Gasteiger partial charge in [0.1, 0.15) is 11.6 Å². The first-order chi connectivity index (χ1) is 10.6. The van der Waals surface area contributed by atoms with Crippen LogP contribution in [0.5, 0.6) is 0 Å². The van der Waals surface area contributed by atoms with Crippen LogP contribution in [0.25, 0.3) is 0 Å². The third-order valence-corrected chi connectivity index (χ3v) is 3.58. The summed E-state index contributed by atoms with van der Waals surface area (Å²) in [4.78, 5) is 14.2. The topological polar surface area (TPSA) is 20.3 Å². The van der Waals surface area contributed by atoms with Crippen molar-refractivity contribution in [2.24, 2.45) is 0 Å². The fourth-order valence-corrected chi connectivity index (χ4v) is 2.30. The number of carbonyl (C=O) groups is 1. The van der Waals surface area contributed by atoms with E-state index in [0.717, 1.165) is 25.2 Å². The van der Waals surface area contributed by atoms with Crippen LogP contribution in [0.4, 0.5) is 8.78 Å². The summed E-state index contributed by atoms with van der Waals surface area (Å²) in [6.07, 6.45) is 0.212. The molecule has 2 aromatic rings. The van der Waals surface area contributed by atoms with Gasteiger partial charge in [0.25, 0.3) is 0 Å². The molecule has 0 aromatic heterocycles. The van der Waals surface area contributed by atoms with Gasteiger partial charge in [0.15, 0.2) is 5.78 Å². The molecule has 2 nitrogen and oxygen atoms in total. The van der Waals surface area contributed by atoms with Crippen LogP contribution < -0.4 is 0 Å². The molecule has 0 atom stereocenters. The fraction of sp³-hybridized carbons (Fsp3) is 0.278. The van der Waals surface area contributed by atoms with Crippen LogP contribution in [-0.2, 0) is 6.54 Å². The molecule has 0 aliphatic carbocycles. The first-order valence-electron chi connectivity index (χ1n) is 7.34. The van der Waals surface area contributed by atoms with Crippen LogP contribution in [0.2, 0.25) is 0 Å². The SMILES string of the molecule is CCN(CCC(=O)c1ccc(F)cc1F)Cc1ccccc1. The lowest BCUT2D eigenvalue weighted by atomic mass is 10.1. The highest BCUT2D eigenvalue weighted by atomic mass is 19.1. The van der Waals surface area contributed by atoms with Gasteiger partial charge in [0.2, 0.25) is 0 Å². The first kappa shape index (κ1) is 16.3. The van der Waals surface area contributed by atoms with Crippen molar-refractivity contribution in [3.05, 3.63) is 71.3 Å². The maximum Gasteiger partial charge on any atom is 0.167 e. The van der Waals surface area contributed by atoms with E-state index in [4.69, 9.17) is 0 Å². The van der Waals surface area contributed by atoms with Crippen LogP contribution >= 0.6 is 0 Å². The predicted molar refractivity (Wildman–Crippen MR) is 82.7 cm³/mol. The number of nitrogens with zero attached hydrogens (tertiary/aromatic N) is 1. The lowest BCUT2D eigenvalue weighted by molar-refractivity contribution is 0.0959. The summed E-state index contributed by atoms with van der Waals surface area (Å²) in [5, 5.41) is 0. The zero-order valence-electron chi connectivity index (χ0n) is 12.6. The van der Waals surface area contributed by atoms with E-state index in [1.165, 1.54) is 11.6 Å². The van der Waals surface area contributed by atoms with E-state index in [1.54, 1.807) is 0 Å². The summed E-state index contributed by atoms with van der Waals surface area (Å²) in [7, 11) is 0. The average Bonchev–Trinajstić information content (AvgIpc) is 2.52. The number of rotatable bonds is 7. The van der Waals surface area contributed by atoms with Crippen LogP contribution in [-0.4, -0.2) is 23.8 Å². The van der Waals surface area contributed by atoms with Gasteiger partial charge in [-0.15, -0.1) is 0 Å². The van der Waals surface area contributed by atoms with Gasteiger partial charge in [-0.25, -0.2) is 8.78 Å². The second-order valence-corrected chi connectivity index (χ2v) is 5.15. The standard InChI is InChI=1S/C18H19F2NO/c1-2-21(13-14-6-4-3-5-7-14)11-10-18(22)16-9-8-15(19)12-17(16)20/h3-9,12H,2,10-11,13H2,1H3. The van der Waals surface area contributed by atoms with E-state index in [9.17, 15) is 13.6 Å². The van der Waals surface area contributed by atoms with E-state index in [1.807, 2.05) is 37.3 Å². The zero-order valence-corrected chi connectivity index (χ0v) is 12.6. The number of Topliss-reactive ketones (excluding diaryl/α,β-unsaturated/α-hetero) is 1. The van der Waals surface area contributed by atoms with Gasteiger partial charge in [-0.2, -0.15) is 0 Å². The molecular weight excluding hydrogens is 284 g/mol. The molecule has 0 radical (unpaired) electrons. The molecule has 0 saturated carbocycles. The average molecular weight is 303 g/mol. The Morgan fingerprint density at radius 1 is 1.09 bits per heavy atom. The second-order valence-electron chi connectivity index (χ2n) is 5.15. The third kappa shape index (κ3) is 4.46. The van der Waals surface area contributed by atoms with Crippen LogP contribution in [0.15, 0.2) is 48.5 Å². The normalized spacial score (nSPS) is 10.9. The van der Waals surface area contributed by atoms with E-state index < -0.39 is 11.6 Å². The molecule has 0 saturated heterocycles. The molecule has 0 unspecified atom stereocenters. The largest absolute Gasteiger partial charge is 0.299 e. The molecule has 0 aliphatic heterocycles. The van der Waals surface area contributed by atoms with Crippen molar-refractivity contribution in [1.29, 1.82) is 0 Å². The molecule has 0 aliphatic rings. The van der Waals surface area contributed by atoms with Gasteiger partial charge < -0.3 is 0 Å². The Balaban J connectivity index is 1.94. The first-order valence-corrected chi connectivity index (χ1v) is 7.34. The number of ketones is 1. The Hall–Kier alpha value is -2.07. The lowest BCUT2D eigenvalue weighted by Crippen LogP contribution is -2.26. The molecule has 116 valence electrons. The van der Waals surface area contributed by atoms with Crippen LogP contribution in [0.1, 0.15) is 29.3 Å². The Morgan fingerprint density at radius 3 is 2.45 bits per heavy atom. The minimum absolute atomic E-state index is 0.0443. The highest BCUT2D eigenvalue weighted by Gasteiger charge is 2.14. The van der Waals surface area contributed by atoms with E-state index >= 15 is 0 Å². The van der Waals surface area contributed by atoms with Gasteiger partial charge >= 0.3 is 0 Å². The molecule has 0 heterocycles. The van der Waals surface area contributed by atoms with Gasteiger partial charge in [0, 0.05) is 25.6 Å². The zero-order chi connectivity index (χ0) is 15.9. The van der Waals surface area contributed by atoms with Crippen molar-refractivity contribution in [3.63, 3.8) is 0 Å². The van der Waals surface area contributed by atoms with E-state index in [-0.39, 0.29) is 17.8 Å². The Morgan fingerprint density at radius 2 is 1.82 bits per heavy atom. The summed E-state index contributed by atoms with van der Waals surface area (Å²) >= 11 is 0. The molecule has 0 spiro atoms. The highest BCUT2D eigenvalue weighted by molar-refractivity contribution is 5.96. The number of hydrogen-bond donors (Lipinski definition) is 0. The molecule has 2 rings (SSSR count). The van der Waals surface area contributed by atoms with Gasteiger partial charge in [0.05, 0.1) is 5.56 Å². The molecule has 0 N–H and O–H groups in total. The monoisotopic (exact) mass is 303 g/mol. The van der Waals surface area contributed by atoms with Crippen molar-refractivity contribution in [3.8, 4) is 0 Å². The quantitative estimate of drug-likeness (QED) is 0.719. The highest BCUT2D eigenvalue weighted by Crippen LogP contribution is 2.13. The molecule has 0 amide bonds. The van der Waals surface area contributed by atoms with Crippen molar-refractivity contribution in [2.75, 3.05) is 13.1 Å². The lowest BCUT2D eigenvalue weighted by Gasteiger charge is -2.20. The summed E-state index contributed by atoms with van der Waals surface area (Å²) in [6, 6.07) is 13.0. The van der Waals surface area contributed by atoms with Crippen molar-refractivity contribution >= 4 is 5.78 Å². The van der Waals surface area contributed by atoms with Crippen LogP contribution in [0, 0.1) is 11.6 Å². The minimum Gasteiger partial charge on any atom is -0.299 e. The molecule has 2 aromatic carbocycles. The molecule has 0 fully saturated rings. The Kier molecular flexibility index (Phi) is 5.78. The summed E-state index contributed by atoms with van der Waals surface area (Å²) in [5.41, 5.74) is 1.13. The summed E-state index contributed by atoms with van der Waals surface area (Å²) in [6.45, 7) is 4.11. The van der Waals surface area contributed by atoms with Gasteiger partial charge in [-0.3, -0.25) is 9.69 Å². The van der Waals surface area contributed by atoms with Crippen molar-refractivity contribution < 1.29 is 13.6 Å². The number of benzene rings is 2. The predicted octanol–water partition coefficient (Wildman–Crippen LogP) is 4.06. The maximum absolute atomic E-state index is 13.6. The Labute approximate surface area is 129 Å². The van der Waals surface area contributed by atoms with Crippen LogP contribution in [0.3, 0.4) is 0 Å². The number of halogens is 2. The molecule has 0 bridgehead atoms. The van der Waals surface area contributed by atoms with Gasteiger partial charge in [-0.05, 0) is 24.2 Å². The Bertz CT molecular complexity index is 628. The summed E-state index contributed by atoms with van der Waals surface area (Å²) in [5.74, 6) is -1.77. The minimum atomic E-state index is -0.795. The molecular formula is C18H19F2NO. The second kappa shape index (κ2) is 7.80. The van der Waals surface area contributed by atoms with E-state index in [2.05, 4.69) is 4.90 Å². The molecule has 22 heavy (non-hydrogen) atoms. The third-order valence-electron chi connectivity index (χ3n) is 3.58. The maximum atomic E-state index is 13.6. The number of hydrogen-bond acceptors (Lipinski definition) is 2. The fourth-order valence-electron chi connectivity index (χ4n) is 2.30. The smallest absolute Gasteiger partial charge is 0.167 e. The van der Waals surface area contributed by atoms with Gasteiger partial charge in [-0.1, -0.05) is 37.3 Å².